The van der Waals surface area contributed by atoms with Gasteiger partial charge in [-0.15, -0.1) is 0 Å². The highest BCUT2D eigenvalue weighted by Crippen LogP contribution is 2.31. The Hall–Kier alpha value is -3.16. The van der Waals surface area contributed by atoms with Gasteiger partial charge in [0.25, 0.3) is 5.91 Å². The Bertz CT molecular complexity index is 1230. The summed E-state index contributed by atoms with van der Waals surface area (Å²) < 4.78 is 6.03. The fourth-order valence-electron chi connectivity index (χ4n) is 4.53. The van der Waals surface area contributed by atoms with E-state index in [1.165, 1.54) is 30.2 Å². The second-order valence-electron chi connectivity index (χ2n) is 8.54. The molecule has 1 amide bonds. The van der Waals surface area contributed by atoms with E-state index in [1.807, 2.05) is 30.3 Å². The number of piperidine rings is 1. The number of nitrogens with one attached hydrogen (secondary N) is 1. The molecule has 1 aliphatic rings. The predicted molar refractivity (Wildman–Crippen MR) is 135 cm³/mol. The summed E-state index contributed by atoms with van der Waals surface area (Å²) in [5.41, 5.74) is 2.91. The van der Waals surface area contributed by atoms with Crippen LogP contribution in [0, 0.1) is 0 Å². The van der Waals surface area contributed by atoms with Crippen LogP contribution in [0.15, 0.2) is 82.6 Å². The molecule has 1 N–H and O–H groups in total. The van der Waals surface area contributed by atoms with Crippen molar-refractivity contribution in [3.05, 3.63) is 89.9 Å². The molecule has 1 unspecified atom stereocenters. The molecule has 0 spiro atoms. The number of thioether (sulfide) groups is 1. The zero-order valence-corrected chi connectivity index (χ0v) is 19.8. The molecule has 34 heavy (non-hydrogen) atoms. The van der Waals surface area contributed by atoms with Crippen molar-refractivity contribution in [3.8, 4) is 0 Å². The van der Waals surface area contributed by atoms with E-state index >= 15 is 0 Å². The molecule has 0 radical (unpaired) electrons. The van der Waals surface area contributed by atoms with Crippen LogP contribution in [0.2, 0.25) is 0 Å². The number of aromatic nitrogens is 2. The summed E-state index contributed by atoms with van der Waals surface area (Å²) in [7, 11) is 0. The fourth-order valence-corrected chi connectivity index (χ4v) is 5.36. The number of hydrogen-bond acceptors (Lipinski definition) is 6. The molecule has 1 atom stereocenters. The van der Waals surface area contributed by atoms with Crippen LogP contribution in [0.1, 0.15) is 40.9 Å². The van der Waals surface area contributed by atoms with Crippen molar-refractivity contribution in [1.29, 1.82) is 0 Å². The molecule has 1 aliphatic heterocycles. The van der Waals surface area contributed by atoms with Crippen molar-refractivity contribution in [2.75, 3.05) is 13.1 Å². The number of benzene rings is 2. The van der Waals surface area contributed by atoms with E-state index < -0.39 is 0 Å². The van der Waals surface area contributed by atoms with Crippen LogP contribution < -0.4 is 5.32 Å². The van der Waals surface area contributed by atoms with Crippen LogP contribution in [-0.2, 0) is 12.3 Å². The lowest BCUT2D eigenvalue weighted by molar-refractivity contribution is 0.0882. The zero-order chi connectivity index (χ0) is 23.2. The molecule has 5 rings (SSSR count). The van der Waals surface area contributed by atoms with Gasteiger partial charge in [-0.05, 0) is 37.1 Å². The van der Waals surface area contributed by atoms with Crippen LogP contribution >= 0.6 is 11.8 Å². The van der Waals surface area contributed by atoms with Gasteiger partial charge in [0, 0.05) is 48.2 Å². The first-order valence-electron chi connectivity index (χ1n) is 11.7. The number of rotatable bonds is 8. The summed E-state index contributed by atoms with van der Waals surface area (Å²) in [6, 6.07) is 20.4. The number of nitrogens with zero attached hydrogens (tertiary/aromatic N) is 3. The predicted octanol–water partition coefficient (Wildman–Crippen LogP) is 5.30. The van der Waals surface area contributed by atoms with Gasteiger partial charge in [0.05, 0.1) is 0 Å². The molecular formula is C27H28N4O2S. The summed E-state index contributed by atoms with van der Waals surface area (Å²) in [6.07, 6.45) is 6.92. The minimum atomic E-state index is -0.161. The lowest BCUT2D eigenvalue weighted by Crippen LogP contribution is -2.46. The Morgan fingerprint density at radius 1 is 1.03 bits per heavy atom. The molecular weight excluding hydrogens is 444 g/mol. The van der Waals surface area contributed by atoms with E-state index in [1.54, 1.807) is 18.5 Å². The number of carbonyl (C=O) groups is 1. The topological polar surface area (TPSA) is 71.3 Å². The molecule has 3 heterocycles. The van der Waals surface area contributed by atoms with Gasteiger partial charge in [0.2, 0.25) is 0 Å². The monoisotopic (exact) mass is 472 g/mol. The van der Waals surface area contributed by atoms with Crippen LogP contribution in [0.25, 0.3) is 11.0 Å². The van der Waals surface area contributed by atoms with Crippen molar-refractivity contribution in [2.45, 2.75) is 42.8 Å². The normalized spacial score (nSPS) is 16.5. The van der Waals surface area contributed by atoms with Gasteiger partial charge in [0.1, 0.15) is 5.58 Å². The summed E-state index contributed by atoms with van der Waals surface area (Å²) in [6.45, 7) is 2.57. The van der Waals surface area contributed by atoms with Gasteiger partial charge in [0.15, 0.2) is 10.9 Å². The Labute approximate surface area is 203 Å². The highest BCUT2D eigenvalue weighted by atomic mass is 32.2. The molecule has 2 aromatic carbocycles. The first-order valence-corrected chi connectivity index (χ1v) is 12.7. The van der Waals surface area contributed by atoms with Crippen molar-refractivity contribution in [3.63, 3.8) is 0 Å². The van der Waals surface area contributed by atoms with Crippen LogP contribution in [0.5, 0.6) is 0 Å². The number of carbonyl (C=O) groups excluding carboxylic acids is 1. The van der Waals surface area contributed by atoms with Gasteiger partial charge in [-0.2, -0.15) is 0 Å². The maximum atomic E-state index is 13.3. The number of amides is 1. The smallest absolute Gasteiger partial charge is 0.287 e. The van der Waals surface area contributed by atoms with E-state index in [0.717, 1.165) is 36.0 Å². The third kappa shape index (κ3) is 5.32. The maximum Gasteiger partial charge on any atom is 0.287 e. The molecule has 1 fully saturated rings. The van der Waals surface area contributed by atoms with E-state index in [0.29, 0.717) is 29.3 Å². The van der Waals surface area contributed by atoms with Crippen molar-refractivity contribution < 1.29 is 9.21 Å². The van der Waals surface area contributed by atoms with Crippen LogP contribution in [0.3, 0.4) is 0 Å². The fraction of sp³-hybridized carbons (Fsp3) is 0.296. The van der Waals surface area contributed by atoms with E-state index in [-0.39, 0.29) is 5.91 Å². The number of fused-ring (bicyclic) bond motifs is 1. The molecule has 6 nitrogen and oxygen atoms in total. The molecule has 7 heteroatoms. The lowest BCUT2D eigenvalue weighted by atomic mass is 10.0. The van der Waals surface area contributed by atoms with E-state index in [9.17, 15) is 4.79 Å². The quantitative estimate of drug-likeness (QED) is 0.277. The molecule has 0 saturated carbocycles. The molecule has 174 valence electrons. The third-order valence-corrected chi connectivity index (χ3v) is 7.17. The van der Waals surface area contributed by atoms with Crippen molar-refractivity contribution >= 4 is 28.6 Å². The second kappa shape index (κ2) is 10.8. The van der Waals surface area contributed by atoms with Gasteiger partial charge in [-0.3, -0.25) is 9.69 Å². The first kappa shape index (κ1) is 22.6. The summed E-state index contributed by atoms with van der Waals surface area (Å²) in [4.78, 5) is 24.4. The van der Waals surface area contributed by atoms with Crippen molar-refractivity contribution in [2.24, 2.45) is 0 Å². The first-order chi connectivity index (χ1) is 16.8. The van der Waals surface area contributed by atoms with Crippen LogP contribution in [-0.4, -0.2) is 39.9 Å². The zero-order valence-electron chi connectivity index (χ0n) is 19.0. The lowest BCUT2D eigenvalue weighted by Gasteiger charge is -2.35. The standard InChI is InChI=1S/C27H28N4O2S/c32-26(30-17-21-11-6-7-16-31(21)18-20-9-2-1-3-10-20)25-23(19-34-27-28-14-8-15-29-27)22-12-4-5-13-24(22)33-25/h1-5,8-10,12-15,21H,6-7,11,16-19H2,(H,30,32). The molecule has 0 bridgehead atoms. The van der Waals surface area contributed by atoms with Gasteiger partial charge >= 0.3 is 0 Å². The Balaban J connectivity index is 1.30. The van der Waals surface area contributed by atoms with Crippen molar-refractivity contribution in [1.82, 2.24) is 20.2 Å². The number of para-hydroxylation sites is 1. The average Bonchev–Trinajstić information content (AvgIpc) is 3.27. The van der Waals surface area contributed by atoms with E-state index in [2.05, 4.69) is 44.5 Å². The second-order valence-corrected chi connectivity index (χ2v) is 9.48. The highest BCUT2D eigenvalue weighted by molar-refractivity contribution is 7.98. The molecule has 2 aromatic heterocycles. The Kier molecular flexibility index (Phi) is 7.22. The SMILES string of the molecule is O=C(NCC1CCCCN1Cc1ccccc1)c1oc2ccccc2c1CSc1ncccn1. The summed E-state index contributed by atoms with van der Waals surface area (Å²) in [5, 5.41) is 4.81. The van der Waals surface area contributed by atoms with Gasteiger partial charge < -0.3 is 9.73 Å². The van der Waals surface area contributed by atoms with Crippen LogP contribution in [0.4, 0.5) is 0 Å². The Morgan fingerprint density at radius 2 is 1.82 bits per heavy atom. The third-order valence-electron chi connectivity index (χ3n) is 6.27. The van der Waals surface area contributed by atoms with E-state index in [4.69, 9.17) is 4.42 Å². The molecule has 1 saturated heterocycles. The maximum absolute atomic E-state index is 13.3. The summed E-state index contributed by atoms with van der Waals surface area (Å²) in [5.74, 6) is 0.786. The molecule has 4 aromatic rings. The minimum Gasteiger partial charge on any atom is -0.451 e. The number of furan rings is 1. The number of likely N-dealkylation sites (tertiary alicyclic amines) is 1. The highest BCUT2D eigenvalue weighted by Gasteiger charge is 2.25. The van der Waals surface area contributed by atoms with Gasteiger partial charge in [-0.1, -0.05) is 66.7 Å². The number of hydrogen-bond donors (Lipinski definition) is 1. The Morgan fingerprint density at radius 3 is 2.68 bits per heavy atom. The minimum absolute atomic E-state index is 0.161. The largest absolute Gasteiger partial charge is 0.451 e. The van der Waals surface area contributed by atoms with Gasteiger partial charge in [-0.25, -0.2) is 9.97 Å². The average molecular weight is 473 g/mol. The molecule has 0 aliphatic carbocycles. The summed E-state index contributed by atoms with van der Waals surface area (Å²) >= 11 is 1.50.